The highest BCUT2D eigenvalue weighted by Crippen LogP contribution is 2.28. The van der Waals surface area contributed by atoms with E-state index in [0.717, 1.165) is 0 Å². The van der Waals surface area contributed by atoms with Crippen LogP contribution in [0.4, 0.5) is 16.2 Å². The average Bonchev–Trinajstić information content (AvgIpc) is 2.48. The number of para-hydroxylation sites is 2. The van der Waals surface area contributed by atoms with Crippen LogP contribution in [0.3, 0.4) is 0 Å². The average molecular weight is 357 g/mol. The van der Waals surface area contributed by atoms with Gasteiger partial charge in [0, 0.05) is 5.69 Å². The van der Waals surface area contributed by atoms with Crippen LogP contribution in [-0.4, -0.2) is 15.7 Å². The molecule has 22 heavy (non-hydrogen) atoms. The fourth-order valence-corrected chi connectivity index (χ4v) is 1.85. The third-order valence-corrected chi connectivity index (χ3v) is 3.07. The second-order valence-electron chi connectivity index (χ2n) is 4.24. The van der Waals surface area contributed by atoms with Crippen molar-refractivity contribution >= 4 is 58.0 Å². The molecule has 0 unspecified atom stereocenters. The van der Waals surface area contributed by atoms with Gasteiger partial charge in [0.1, 0.15) is 0 Å². The number of nitrogens with zero attached hydrogens (tertiary/aromatic N) is 1. The van der Waals surface area contributed by atoms with Gasteiger partial charge in [0.2, 0.25) is 3.79 Å². The normalized spacial score (nSPS) is 11.9. The van der Waals surface area contributed by atoms with Gasteiger partial charge in [-0.3, -0.25) is 5.32 Å². The summed E-state index contributed by atoms with van der Waals surface area (Å²) < 4.78 is -1.86. The number of carbonyl (C=O) groups excluding carboxylic acids is 1. The van der Waals surface area contributed by atoms with Crippen molar-refractivity contribution in [1.82, 2.24) is 5.32 Å². The predicted octanol–water partition coefficient (Wildman–Crippen LogP) is 4.91. The zero-order valence-electron chi connectivity index (χ0n) is 11.3. The van der Waals surface area contributed by atoms with Crippen LogP contribution in [0.2, 0.25) is 0 Å². The third-order valence-electron chi connectivity index (χ3n) is 2.53. The van der Waals surface area contributed by atoms with E-state index in [1.807, 2.05) is 12.1 Å². The summed E-state index contributed by atoms with van der Waals surface area (Å²) in [6, 6.07) is 17.2. The molecular formula is C15H12Cl3N3O. The van der Waals surface area contributed by atoms with E-state index in [4.69, 9.17) is 34.8 Å². The molecule has 0 fully saturated rings. The summed E-state index contributed by atoms with van der Waals surface area (Å²) in [7, 11) is 0. The first-order chi connectivity index (χ1) is 10.4. The number of amidine groups is 1. The molecule has 0 spiro atoms. The second kappa shape index (κ2) is 7.49. The summed E-state index contributed by atoms with van der Waals surface area (Å²) in [6.07, 6.45) is 0. The summed E-state index contributed by atoms with van der Waals surface area (Å²) in [5.74, 6) is -0.0860. The number of hydrogen-bond donors (Lipinski definition) is 2. The molecule has 0 atom stereocenters. The number of carbonyl (C=O) groups is 1. The predicted molar refractivity (Wildman–Crippen MR) is 92.4 cm³/mol. The van der Waals surface area contributed by atoms with Crippen molar-refractivity contribution < 1.29 is 4.79 Å². The summed E-state index contributed by atoms with van der Waals surface area (Å²) in [6.45, 7) is 0. The second-order valence-corrected chi connectivity index (χ2v) is 6.52. The van der Waals surface area contributed by atoms with E-state index in [1.54, 1.807) is 48.5 Å². The molecule has 0 aliphatic rings. The van der Waals surface area contributed by atoms with Crippen molar-refractivity contribution in [2.45, 2.75) is 3.79 Å². The van der Waals surface area contributed by atoms with Crippen LogP contribution in [0.1, 0.15) is 0 Å². The van der Waals surface area contributed by atoms with Crippen molar-refractivity contribution in [2.75, 3.05) is 5.32 Å². The molecule has 0 saturated heterocycles. The fourth-order valence-electron chi connectivity index (χ4n) is 1.59. The minimum Gasteiger partial charge on any atom is -0.308 e. The largest absolute Gasteiger partial charge is 0.324 e. The molecular weight excluding hydrogens is 345 g/mol. The maximum atomic E-state index is 12.0. The van der Waals surface area contributed by atoms with Crippen LogP contribution in [-0.2, 0) is 0 Å². The molecule has 0 aromatic heterocycles. The molecule has 4 nitrogen and oxygen atoms in total. The number of rotatable bonds is 2. The van der Waals surface area contributed by atoms with Gasteiger partial charge in [0.05, 0.1) is 5.69 Å². The Balaban J connectivity index is 2.14. The van der Waals surface area contributed by atoms with Crippen molar-refractivity contribution in [2.24, 2.45) is 4.99 Å². The SMILES string of the molecule is O=C(NC(=Nc1ccccc1)C(Cl)(Cl)Cl)Nc1ccccc1. The molecule has 0 saturated carbocycles. The Bertz CT molecular complexity index is 655. The van der Waals surface area contributed by atoms with E-state index >= 15 is 0 Å². The third kappa shape index (κ3) is 5.22. The van der Waals surface area contributed by atoms with Crippen LogP contribution in [0, 0.1) is 0 Å². The highest BCUT2D eigenvalue weighted by molar-refractivity contribution is 6.77. The van der Waals surface area contributed by atoms with E-state index in [1.165, 1.54) is 0 Å². The number of amides is 2. The molecule has 2 aromatic rings. The molecule has 0 radical (unpaired) electrons. The van der Waals surface area contributed by atoms with E-state index in [2.05, 4.69) is 15.6 Å². The van der Waals surface area contributed by atoms with Gasteiger partial charge in [-0.1, -0.05) is 71.2 Å². The Hall–Kier alpha value is -1.75. The van der Waals surface area contributed by atoms with E-state index < -0.39 is 9.82 Å². The first kappa shape index (κ1) is 16.6. The van der Waals surface area contributed by atoms with Crippen LogP contribution in [0.15, 0.2) is 65.7 Å². The van der Waals surface area contributed by atoms with Crippen LogP contribution in [0.25, 0.3) is 0 Å². The van der Waals surface area contributed by atoms with Crippen molar-refractivity contribution in [1.29, 1.82) is 0 Å². The number of aliphatic imine (C=N–C) groups is 1. The lowest BCUT2D eigenvalue weighted by Gasteiger charge is -2.16. The standard InChI is InChI=1S/C15H12Cl3N3O/c16-15(17,18)13(19-11-7-3-1-4-8-11)21-14(22)20-12-9-5-2-6-10-12/h1-10H,(H2,19,20,21,22). The van der Waals surface area contributed by atoms with Gasteiger partial charge in [0.25, 0.3) is 0 Å². The topological polar surface area (TPSA) is 53.5 Å². The quantitative estimate of drug-likeness (QED) is 0.448. The number of nitrogens with one attached hydrogen (secondary N) is 2. The number of halogens is 3. The van der Waals surface area contributed by atoms with E-state index in [9.17, 15) is 4.79 Å². The van der Waals surface area contributed by atoms with Gasteiger partial charge in [-0.05, 0) is 24.3 Å². The molecule has 0 aliphatic heterocycles. The minimum absolute atomic E-state index is 0.0860. The number of benzene rings is 2. The molecule has 0 bridgehead atoms. The Morgan fingerprint density at radius 2 is 1.45 bits per heavy atom. The Morgan fingerprint density at radius 3 is 2.00 bits per heavy atom. The van der Waals surface area contributed by atoms with Gasteiger partial charge < -0.3 is 5.32 Å². The smallest absolute Gasteiger partial charge is 0.308 e. The number of alkyl halides is 3. The molecule has 7 heteroatoms. The molecule has 114 valence electrons. The Labute approximate surface area is 143 Å². The van der Waals surface area contributed by atoms with Gasteiger partial charge in [0.15, 0.2) is 5.84 Å². The number of anilines is 1. The highest BCUT2D eigenvalue weighted by Gasteiger charge is 2.29. The van der Waals surface area contributed by atoms with Gasteiger partial charge in [-0.15, -0.1) is 0 Å². The summed E-state index contributed by atoms with van der Waals surface area (Å²) in [5, 5.41) is 5.08. The van der Waals surface area contributed by atoms with Crippen LogP contribution in [0.5, 0.6) is 0 Å². The number of hydrogen-bond acceptors (Lipinski definition) is 2. The molecule has 0 heterocycles. The van der Waals surface area contributed by atoms with Crippen molar-refractivity contribution in [3.63, 3.8) is 0 Å². The van der Waals surface area contributed by atoms with Crippen LogP contribution >= 0.6 is 34.8 Å². The lowest BCUT2D eigenvalue weighted by atomic mass is 10.3. The van der Waals surface area contributed by atoms with Gasteiger partial charge in [-0.25, -0.2) is 9.79 Å². The molecule has 2 rings (SSSR count). The monoisotopic (exact) mass is 355 g/mol. The Morgan fingerprint density at radius 1 is 0.909 bits per heavy atom. The van der Waals surface area contributed by atoms with E-state index in [0.29, 0.717) is 11.4 Å². The molecule has 2 aromatic carbocycles. The summed E-state index contributed by atoms with van der Waals surface area (Å²) >= 11 is 17.6. The maximum Gasteiger partial charge on any atom is 0.324 e. The van der Waals surface area contributed by atoms with Crippen molar-refractivity contribution in [3.05, 3.63) is 60.7 Å². The van der Waals surface area contributed by atoms with Gasteiger partial charge >= 0.3 is 6.03 Å². The zero-order valence-corrected chi connectivity index (χ0v) is 13.5. The van der Waals surface area contributed by atoms with E-state index in [-0.39, 0.29) is 5.84 Å². The fraction of sp³-hybridized carbons (Fsp3) is 0.0667. The molecule has 0 aliphatic carbocycles. The number of urea groups is 1. The van der Waals surface area contributed by atoms with Crippen molar-refractivity contribution in [3.8, 4) is 0 Å². The lowest BCUT2D eigenvalue weighted by molar-refractivity contribution is 0.256. The highest BCUT2D eigenvalue weighted by atomic mass is 35.6. The maximum absolute atomic E-state index is 12.0. The lowest BCUT2D eigenvalue weighted by Crippen LogP contribution is -2.41. The van der Waals surface area contributed by atoms with Gasteiger partial charge in [-0.2, -0.15) is 0 Å². The zero-order chi connectivity index (χ0) is 16.0. The van der Waals surface area contributed by atoms with Crippen LogP contribution < -0.4 is 10.6 Å². The molecule has 2 N–H and O–H groups in total. The Kier molecular flexibility index (Phi) is 5.66. The molecule has 2 amide bonds. The summed E-state index contributed by atoms with van der Waals surface area (Å²) in [5.41, 5.74) is 1.17. The first-order valence-electron chi connectivity index (χ1n) is 6.29. The first-order valence-corrected chi connectivity index (χ1v) is 7.42. The summed E-state index contributed by atoms with van der Waals surface area (Å²) in [4.78, 5) is 16.1. The minimum atomic E-state index is -1.86.